The molecule has 1 aromatic rings. The molecule has 0 atom stereocenters. The summed E-state index contributed by atoms with van der Waals surface area (Å²) in [5.74, 6) is 1.56. The zero-order valence-electron chi connectivity index (χ0n) is 7.96. The molecule has 1 N–H and O–H groups in total. The van der Waals surface area contributed by atoms with E-state index in [1.165, 1.54) is 0 Å². The fraction of sp³-hybridized carbons (Fsp3) is 0.667. The first-order valence-corrected chi connectivity index (χ1v) is 4.51. The van der Waals surface area contributed by atoms with Gasteiger partial charge in [0, 0.05) is 20.0 Å². The van der Waals surface area contributed by atoms with E-state index in [9.17, 15) is 0 Å². The summed E-state index contributed by atoms with van der Waals surface area (Å²) in [6.07, 6.45) is 0.352. The van der Waals surface area contributed by atoms with Crippen LogP contribution in [0.2, 0.25) is 0 Å². The average Bonchev–Trinajstić information content (AvgIpc) is 2.27. The molecule has 72 valence electrons. The number of ether oxygens (including phenoxy) is 1. The van der Waals surface area contributed by atoms with Crippen molar-refractivity contribution in [1.82, 2.24) is 10.3 Å². The second-order valence-corrected chi connectivity index (χ2v) is 3.33. The number of hydrogen-bond donors (Lipinski definition) is 1. The van der Waals surface area contributed by atoms with Gasteiger partial charge in [-0.15, -0.1) is 0 Å². The van der Waals surface area contributed by atoms with Crippen molar-refractivity contribution in [3.63, 3.8) is 0 Å². The third-order valence-electron chi connectivity index (χ3n) is 2.19. The smallest absolute Gasteiger partial charge is 0.191 e. The van der Waals surface area contributed by atoms with Gasteiger partial charge in [0.05, 0.1) is 11.8 Å². The molecule has 0 amide bonds. The van der Waals surface area contributed by atoms with Gasteiger partial charge in [0.1, 0.15) is 6.61 Å². The van der Waals surface area contributed by atoms with Crippen LogP contribution in [0.5, 0.6) is 0 Å². The largest absolute Gasteiger partial charge is 0.443 e. The number of aromatic nitrogens is 1. The van der Waals surface area contributed by atoms with Crippen LogP contribution in [-0.4, -0.2) is 24.2 Å². The van der Waals surface area contributed by atoms with E-state index in [0.29, 0.717) is 18.6 Å². The number of nitrogens with one attached hydrogen (secondary N) is 1. The van der Waals surface area contributed by atoms with Crippen LogP contribution in [0.15, 0.2) is 4.42 Å². The van der Waals surface area contributed by atoms with Gasteiger partial charge in [-0.05, 0) is 6.92 Å². The number of nitrogens with zero attached hydrogens (tertiary/aromatic N) is 1. The molecule has 4 heteroatoms. The Labute approximate surface area is 77.3 Å². The quantitative estimate of drug-likeness (QED) is 0.750. The van der Waals surface area contributed by atoms with E-state index in [1.807, 2.05) is 13.8 Å². The monoisotopic (exact) mass is 182 g/mol. The molecule has 0 aliphatic carbocycles. The maximum absolute atomic E-state index is 5.56. The van der Waals surface area contributed by atoms with E-state index in [-0.39, 0.29) is 0 Å². The van der Waals surface area contributed by atoms with Crippen LogP contribution in [-0.2, 0) is 11.3 Å². The Kier molecular flexibility index (Phi) is 2.33. The molecule has 1 saturated heterocycles. The molecule has 2 heterocycles. The van der Waals surface area contributed by atoms with Gasteiger partial charge in [-0.25, -0.2) is 4.98 Å². The topological polar surface area (TPSA) is 47.3 Å². The molecule has 0 aromatic carbocycles. The minimum atomic E-state index is 0.352. The third-order valence-corrected chi connectivity index (χ3v) is 2.19. The van der Waals surface area contributed by atoms with E-state index >= 15 is 0 Å². The molecule has 13 heavy (non-hydrogen) atoms. The maximum Gasteiger partial charge on any atom is 0.191 e. The highest BCUT2D eigenvalue weighted by Gasteiger charge is 2.18. The van der Waals surface area contributed by atoms with Crippen molar-refractivity contribution in [3.05, 3.63) is 17.3 Å². The van der Waals surface area contributed by atoms with Gasteiger partial charge in [-0.3, -0.25) is 0 Å². The summed E-state index contributed by atoms with van der Waals surface area (Å²) >= 11 is 0. The number of rotatable bonds is 3. The molecule has 4 nitrogen and oxygen atoms in total. The summed E-state index contributed by atoms with van der Waals surface area (Å²) in [7, 11) is 0. The van der Waals surface area contributed by atoms with Crippen molar-refractivity contribution in [2.24, 2.45) is 0 Å². The Morgan fingerprint density at radius 3 is 2.77 bits per heavy atom. The van der Waals surface area contributed by atoms with E-state index in [1.54, 1.807) is 0 Å². The lowest BCUT2D eigenvalue weighted by Crippen LogP contribution is -2.48. The second kappa shape index (κ2) is 3.47. The van der Waals surface area contributed by atoms with Gasteiger partial charge in [-0.2, -0.15) is 0 Å². The predicted octanol–water partition coefficient (Wildman–Crippen LogP) is 0.780. The SMILES string of the molecule is Cc1nc(C)c(COC2CNC2)o1. The van der Waals surface area contributed by atoms with Crippen LogP contribution >= 0.6 is 0 Å². The highest BCUT2D eigenvalue weighted by atomic mass is 16.5. The Balaban J connectivity index is 1.89. The molecule has 0 spiro atoms. The Bertz CT molecular complexity index is 292. The van der Waals surface area contributed by atoms with Crippen molar-refractivity contribution in [1.29, 1.82) is 0 Å². The van der Waals surface area contributed by atoms with E-state index in [0.717, 1.165) is 24.5 Å². The van der Waals surface area contributed by atoms with Gasteiger partial charge in [0.15, 0.2) is 11.7 Å². The molecule has 0 saturated carbocycles. The molecule has 0 bridgehead atoms. The standard InChI is InChI=1S/C9H14N2O2/c1-6-9(13-7(2)11-6)5-12-8-3-10-4-8/h8,10H,3-5H2,1-2H3. The van der Waals surface area contributed by atoms with E-state index in [4.69, 9.17) is 9.15 Å². The molecule has 0 unspecified atom stereocenters. The minimum absolute atomic E-state index is 0.352. The molecule has 1 aliphatic rings. The predicted molar refractivity (Wildman–Crippen MR) is 47.4 cm³/mol. The average molecular weight is 182 g/mol. The summed E-state index contributed by atoms with van der Waals surface area (Å²) in [5.41, 5.74) is 0.935. The lowest BCUT2D eigenvalue weighted by atomic mass is 10.2. The van der Waals surface area contributed by atoms with Crippen LogP contribution in [0.3, 0.4) is 0 Å². The highest BCUT2D eigenvalue weighted by Crippen LogP contribution is 2.12. The second-order valence-electron chi connectivity index (χ2n) is 3.33. The summed E-state index contributed by atoms with van der Waals surface area (Å²) in [4.78, 5) is 4.17. The number of oxazole rings is 1. The van der Waals surface area contributed by atoms with E-state index < -0.39 is 0 Å². The molecule has 1 fully saturated rings. The summed E-state index contributed by atoms with van der Waals surface area (Å²) in [6, 6.07) is 0. The molecule has 0 radical (unpaired) electrons. The van der Waals surface area contributed by atoms with Crippen LogP contribution in [0.1, 0.15) is 17.3 Å². The van der Waals surface area contributed by atoms with Crippen molar-refractivity contribution in [3.8, 4) is 0 Å². The fourth-order valence-electron chi connectivity index (χ4n) is 1.28. The first kappa shape index (κ1) is 8.72. The Hall–Kier alpha value is -0.870. The van der Waals surface area contributed by atoms with Crippen molar-refractivity contribution in [2.45, 2.75) is 26.6 Å². The van der Waals surface area contributed by atoms with Gasteiger partial charge < -0.3 is 14.5 Å². The fourth-order valence-corrected chi connectivity index (χ4v) is 1.28. The van der Waals surface area contributed by atoms with Gasteiger partial charge in [0.2, 0.25) is 0 Å². The molecule has 1 aliphatic heterocycles. The van der Waals surface area contributed by atoms with Crippen LogP contribution in [0.4, 0.5) is 0 Å². The number of aryl methyl sites for hydroxylation is 2. The maximum atomic E-state index is 5.56. The zero-order valence-corrected chi connectivity index (χ0v) is 7.96. The zero-order chi connectivity index (χ0) is 9.26. The highest BCUT2D eigenvalue weighted by molar-refractivity contribution is 5.06. The Morgan fingerprint density at radius 1 is 1.54 bits per heavy atom. The van der Waals surface area contributed by atoms with Crippen LogP contribution < -0.4 is 5.32 Å². The third kappa shape index (κ3) is 1.89. The van der Waals surface area contributed by atoms with Crippen molar-refractivity contribution in [2.75, 3.05) is 13.1 Å². The van der Waals surface area contributed by atoms with Gasteiger partial charge in [0.25, 0.3) is 0 Å². The number of hydrogen-bond acceptors (Lipinski definition) is 4. The Morgan fingerprint density at radius 2 is 2.31 bits per heavy atom. The van der Waals surface area contributed by atoms with Gasteiger partial charge >= 0.3 is 0 Å². The van der Waals surface area contributed by atoms with Gasteiger partial charge in [-0.1, -0.05) is 0 Å². The lowest BCUT2D eigenvalue weighted by Gasteiger charge is -2.26. The minimum Gasteiger partial charge on any atom is -0.443 e. The summed E-state index contributed by atoms with van der Waals surface area (Å²) < 4.78 is 10.9. The molecule has 2 rings (SSSR count). The molecule has 1 aromatic heterocycles. The normalized spacial score (nSPS) is 17.4. The first-order valence-electron chi connectivity index (χ1n) is 4.51. The first-order chi connectivity index (χ1) is 6.25. The molecular formula is C9H14N2O2. The lowest BCUT2D eigenvalue weighted by molar-refractivity contribution is -0.000597. The molecular weight excluding hydrogens is 168 g/mol. The van der Waals surface area contributed by atoms with Crippen LogP contribution in [0, 0.1) is 13.8 Å². The van der Waals surface area contributed by atoms with Crippen LogP contribution in [0.25, 0.3) is 0 Å². The summed E-state index contributed by atoms with van der Waals surface area (Å²) in [6.45, 7) is 6.23. The van der Waals surface area contributed by atoms with E-state index in [2.05, 4.69) is 10.3 Å². The van der Waals surface area contributed by atoms with Crippen molar-refractivity contribution < 1.29 is 9.15 Å². The summed E-state index contributed by atoms with van der Waals surface area (Å²) in [5, 5.41) is 3.15. The van der Waals surface area contributed by atoms with Crippen molar-refractivity contribution >= 4 is 0 Å².